The highest BCUT2D eigenvalue weighted by Gasteiger charge is 2.28. The maximum absolute atomic E-state index is 12.5. The summed E-state index contributed by atoms with van der Waals surface area (Å²) in [4.78, 5) is 28.3. The molecule has 1 aromatic heterocycles. The van der Waals surface area contributed by atoms with Crippen LogP contribution in [-0.4, -0.2) is 41.0 Å². The second-order valence-corrected chi connectivity index (χ2v) is 8.23. The minimum absolute atomic E-state index is 0.0479. The van der Waals surface area contributed by atoms with Gasteiger partial charge in [-0.1, -0.05) is 41.0 Å². The lowest BCUT2D eigenvalue weighted by molar-refractivity contribution is -0.116. The van der Waals surface area contributed by atoms with Gasteiger partial charge in [-0.3, -0.25) is 9.59 Å². The van der Waals surface area contributed by atoms with Crippen LogP contribution in [0, 0.1) is 5.92 Å². The quantitative estimate of drug-likeness (QED) is 0.797. The SMILES string of the molecule is CC.CC(=O)CNC(=O)c1nc(C2CCOCC2)n2c1CCCCC2.CC(C)C. The molecular formula is C23H41N3O3. The van der Waals surface area contributed by atoms with Crippen LogP contribution in [0.4, 0.5) is 0 Å². The molecule has 0 aromatic carbocycles. The molecule has 0 radical (unpaired) electrons. The van der Waals surface area contributed by atoms with Crippen LogP contribution in [0.5, 0.6) is 0 Å². The predicted molar refractivity (Wildman–Crippen MR) is 117 cm³/mol. The van der Waals surface area contributed by atoms with Gasteiger partial charge in [0.15, 0.2) is 0 Å². The van der Waals surface area contributed by atoms with Crippen LogP contribution in [0.15, 0.2) is 0 Å². The minimum Gasteiger partial charge on any atom is -0.381 e. The Labute approximate surface area is 176 Å². The Balaban J connectivity index is 0.000000627. The fourth-order valence-electron chi connectivity index (χ4n) is 3.49. The number of imidazole rings is 1. The summed E-state index contributed by atoms with van der Waals surface area (Å²) in [6.07, 6.45) is 6.22. The summed E-state index contributed by atoms with van der Waals surface area (Å²) in [6, 6.07) is 0. The normalized spacial score (nSPS) is 16.5. The number of carbonyl (C=O) groups excluding carboxylic acids is 2. The smallest absolute Gasteiger partial charge is 0.272 e. The summed E-state index contributed by atoms with van der Waals surface area (Å²) in [5, 5.41) is 2.70. The number of nitrogens with zero attached hydrogens (tertiary/aromatic N) is 2. The summed E-state index contributed by atoms with van der Waals surface area (Å²) < 4.78 is 7.72. The van der Waals surface area contributed by atoms with Crippen molar-refractivity contribution in [3.8, 4) is 0 Å². The molecule has 1 saturated heterocycles. The molecule has 0 spiro atoms. The Hall–Kier alpha value is -1.69. The Morgan fingerprint density at radius 3 is 2.34 bits per heavy atom. The number of amides is 1. The van der Waals surface area contributed by atoms with Gasteiger partial charge >= 0.3 is 0 Å². The van der Waals surface area contributed by atoms with Crippen LogP contribution in [-0.2, 0) is 22.5 Å². The van der Waals surface area contributed by atoms with Gasteiger partial charge in [0.25, 0.3) is 5.91 Å². The number of hydrogen-bond donors (Lipinski definition) is 1. The molecule has 1 N–H and O–H groups in total. The number of hydrogen-bond acceptors (Lipinski definition) is 4. The molecule has 0 saturated carbocycles. The highest BCUT2D eigenvalue weighted by atomic mass is 16.5. The van der Waals surface area contributed by atoms with Crippen LogP contribution in [0.25, 0.3) is 0 Å². The molecular weight excluding hydrogens is 366 g/mol. The van der Waals surface area contributed by atoms with Crippen molar-refractivity contribution in [3.63, 3.8) is 0 Å². The lowest BCUT2D eigenvalue weighted by atomic mass is 9.99. The number of nitrogens with one attached hydrogen (secondary N) is 1. The van der Waals surface area contributed by atoms with Crippen LogP contribution >= 0.6 is 0 Å². The third kappa shape index (κ3) is 8.29. The molecule has 2 aliphatic rings. The number of ether oxygens (including phenoxy) is 1. The van der Waals surface area contributed by atoms with Crippen LogP contribution in [0.2, 0.25) is 0 Å². The highest BCUT2D eigenvalue weighted by molar-refractivity contribution is 5.96. The summed E-state index contributed by atoms with van der Waals surface area (Å²) in [5.74, 6) is 1.98. The Morgan fingerprint density at radius 1 is 1.14 bits per heavy atom. The zero-order valence-electron chi connectivity index (χ0n) is 19.3. The van der Waals surface area contributed by atoms with E-state index in [0.29, 0.717) is 11.6 Å². The van der Waals surface area contributed by atoms with E-state index in [-0.39, 0.29) is 18.2 Å². The molecule has 6 heteroatoms. The van der Waals surface area contributed by atoms with E-state index in [1.807, 2.05) is 13.8 Å². The molecule has 1 fully saturated rings. The van der Waals surface area contributed by atoms with Crippen molar-refractivity contribution in [1.29, 1.82) is 0 Å². The molecule has 1 aromatic rings. The average Bonchev–Trinajstić information content (AvgIpc) is 2.89. The van der Waals surface area contributed by atoms with Crippen molar-refractivity contribution >= 4 is 11.7 Å². The van der Waals surface area contributed by atoms with E-state index in [4.69, 9.17) is 9.72 Å². The van der Waals surface area contributed by atoms with E-state index in [9.17, 15) is 9.59 Å². The standard InChI is InChI=1S/C17H25N3O3.C4H10.C2H6/c1-12(21)11-18-17(22)15-14-5-3-2-4-8-20(14)16(19-15)13-6-9-23-10-7-13;1-4(2)3;1-2/h13H,2-11H2,1H3,(H,18,22);4H,1-3H3;1-2H3. The number of aromatic nitrogens is 2. The topological polar surface area (TPSA) is 73.2 Å². The Morgan fingerprint density at radius 2 is 1.76 bits per heavy atom. The third-order valence-electron chi connectivity index (χ3n) is 4.70. The fraction of sp³-hybridized carbons (Fsp3) is 0.783. The molecule has 166 valence electrons. The molecule has 3 heterocycles. The molecule has 29 heavy (non-hydrogen) atoms. The fourth-order valence-corrected chi connectivity index (χ4v) is 3.49. The van der Waals surface area contributed by atoms with Crippen LogP contribution < -0.4 is 5.32 Å². The summed E-state index contributed by atoms with van der Waals surface area (Å²) >= 11 is 0. The molecule has 0 bridgehead atoms. The van der Waals surface area contributed by atoms with E-state index >= 15 is 0 Å². The highest BCUT2D eigenvalue weighted by Crippen LogP contribution is 2.30. The van der Waals surface area contributed by atoms with Crippen LogP contribution in [0.3, 0.4) is 0 Å². The van der Waals surface area contributed by atoms with Crippen molar-refractivity contribution in [1.82, 2.24) is 14.9 Å². The number of Topliss-reactive ketones (excluding diaryl/α,β-unsaturated/α-hetero) is 1. The molecule has 6 nitrogen and oxygen atoms in total. The first kappa shape index (κ1) is 25.3. The monoisotopic (exact) mass is 407 g/mol. The van der Waals surface area contributed by atoms with Gasteiger partial charge in [-0.25, -0.2) is 4.98 Å². The number of fused-ring (bicyclic) bond motifs is 1. The lowest BCUT2D eigenvalue weighted by Crippen LogP contribution is -2.29. The van der Waals surface area contributed by atoms with Gasteiger partial charge in [0, 0.05) is 25.7 Å². The molecule has 0 unspecified atom stereocenters. The summed E-state index contributed by atoms with van der Waals surface area (Å²) in [7, 11) is 0. The van der Waals surface area contributed by atoms with Gasteiger partial charge in [-0.2, -0.15) is 0 Å². The first-order chi connectivity index (χ1) is 13.9. The average molecular weight is 408 g/mol. The van der Waals surface area contributed by atoms with Gasteiger partial charge < -0.3 is 14.6 Å². The van der Waals surface area contributed by atoms with E-state index in [1.165, 1.54) is 13.3 Å². The second-order valence-electron chi connectivity index (χ2n) is 8.23. The van der Waals surface area contributed by atoms with E-state index < -0.39 is 0 Å². The summed E-state index contributed by atoms with van der Waals surface area (Å²) in [5.41, 5.74) is 1.57. The minimum atomic E-state index is -0.218. The molecule has 0 aliphatic carbocycles. The number of ketones is 1. The maximum atomic E-state index is 12.5. The van der Waals surface area contributed by atoms with Gasteiger partial charge in [-0.15, -0.1) is 0 Å². The van der Waals surface area contributed by atoms with Crippen molar-refractivity contribution in [3.05, 3.63) is 17.2 Å². The number of rotatable bonds is 4. The van der Waals surface area contributed by atoms with Gasteiger partial charge in [-0.05, 0) is 44.9 Å². The predicted octanol–water partition coefficient (Wildman–Crippen LogP) is 4.51. The largest absolute Gasteiger partial charge is 0.381 e. The molecule has 0 atom stereocenters. The Kier molecular flexibility index (Phi) is 11.8. The molecule has 1 amide bonds. The van der Waals surface area contributed by atoms with Gasteiger partial charge in [0.1, 0.15) is 17.3 Å². The molecule has 2 aliphatic heterocycles. The molecule has 3 rings (SSSR count). The second kappa shape index (κ2) is 13.5. The number of carbonyl (C=O) groups is 2. The van der Waals surface area contributed by atoms with E-state index in [2.05, 4.69) is 30.7 Å². The lowest BCUT2D eigenvalue weighted by Gasteiger charge is -2.22. The van der Waals surface area contributed by atoms with Crippen molar-refractivity contribution in [2.45, 2.75) is 92.5 Å². The van der Waals surface area contributed by atoms with E-state index in [0.717, 1.165) is 69.3 Å². The Bertz CT molecular complexity index is 629. The first-order valence-electron chi connectivity index (χ1n) is 11.3. The zero-order valence-corrected chi connectivity index (χ0v) is 19.3. The maximum Gasteiger partial charge on any atom is 0.272 e. The van der Waals surface area contributed by atoms with Crippen molar-refractivity contribution < 1.29 is 14.3 Å². The van der Waals surface area contributed by atoms with Gasteiger partial charge in [0.2, 0.25) is 0 Å². The zero-order chi connectivity index (χ0) is 21.8. The van der Waals surface area contributed by atoms with Crippen molar-refractivity contribution in [2.24, 2.45) is 5.92 Å². The van der Waals surface area contributed by atoms with E-state index in [1.54, 1.807) is 0 Å². The van der Waals surface area contributed by atoms with Crippen molar-refractivity contribution in [2.75, 3.05) is 19.8 Å². The van der Waals surface area contributed by atoms with Gasteiger partial charge in [0.05, 0.1) is 12.2 Å². The summed E-state index contributed by atoms with van der Waals surface area (Å²) in [6.45, 7) is 14.5. The first-order valence-corrected chi connectivity index (χ1v) is 11.3. The third-order valence-corrected chi connectivity index (χ3v) is 4.70. The van der Waals surface area contributed by atoms with Crippen LogP contribution in [0.1, 0.15) is 102 Å².